The smallest absolute Gasteiger partial charge is 0.276 e. The van der Waals surface area contributed by atoms with E-state index in [1.165, 1.54) is 5.56 Å². The Hall–Kier alpha value is -2.54. The first-order chi connectivity index (χ1) is 13.7. The third kappa shape index (κ3) is 7.42. The number of hydrazine groups is 1. The SMILES string of the molecule is CCc1ccc(OCC(=O)NNC(=O)COc2ccc(C(C)(C)C)cc2)c(Br)c1. The number of carbonyl (C=O) groups excluding carboxylic acids is 2. The molecular weight excluding hydrogens is 436 g/mol. The molecule has 156 valence electrons. The maximum atomic E-state index is 11.9. The van der Waals surface area contributed by atoms with Crippen molar-refractivity contribution in [1.29, 1.82) is 0 Å². The molecule has 2 N–H and O–H groups in total. The number of nitrogens with one attached hydrogen (secondary N) is 2. The maximum absolute atomic E-state index is 11.9. The number of carbonyl (C=O) groups is 2. The number of halogens is 1. The predicted octanol–water partition coefficient (Wildman–Crippen LogP) is 3.91. The van der Waals surface area contributed by atoms with Crippen LogP contribution < -0.4 is 20.3 Å². The number of amides is 2. The van der Waals surface area contributed by atoms with Crippen LogP contribution in [-0.2, 0) is 21.4 Å². The summed E-state index contributed by atoms with van der Waals surface area (Å²) in [6.07, 6.45) is 0.911. The van der Waals surface area contributed by atoms with E-state index in [0.29, 0.717) is 11.5 Å². The Labute approximate surface area is 180 Å². The van der Waals surface area contributed by atoms with Crippen LogP contribution in [0.3, 0.4) is 0 Å². The standard InChI is InChI=1S/C22H27BrN2O4/c1-5-15-6-11-19(18(23)12-15)29-14-21(27)25-24-20(26)13-28-17-9-7-16(8-10-17)22(2,3)4/h6-12H,5,13-14H2,1-4H3,(H,24,26)(H,25,27). The van der Waals surface area contributed by atoms with Gasteiger partial charge in [-0.2, -0.15) is 0 Å². The summed E-state index contributed by atoms with van der Waals surface area (Å²) in [7, 11) is 0. The fourth-order valence-electron chi connectivity index (χ4n) is 2.44. The van der Waals surface area contributed by atoms with Crippen LogP contribution in [0.4, 0.5) is 0 Å². The van der Waals surface area contributed by atoms with Gasteiger partial charge in [0, 0.05) is 0 Å². The van der Waals surface area contributed by atoms with Gasteiger partial charge in [0.15, 0.2) is 13.2 Å². The zero-order valence-corrected chi connectivity index (χ0v) is 18.8. The molecule has 7 heteroatoms. The van der Waals surface area contributed by atoms with E-state index in [-0.39, 0.29) is 18.6 Å². The summed E-state index contributed by atoms with van der Waals surface area (Å²) in [5.74, 6) is 0.208. The molecule has 0 radical (unpaired) electrons. The van der Waals surface area contributed by atoms with Crippen molar-refractivity contribution in [3.63, 3.8) is 0 Å². The van der Waals surface area contributed by atoms with E-state index in [1.54, 1.807) is 6.07 Å². The first kappa shape index (κ1) is 22.7. The highest BCUT2D eigenvalue weighted by molar-refractivity contribution is 9.10. The van der Waals surface area contributed by atoms with Gasteiger partial charge in [-0.05, 0) is 63.2 Å². The van der Waals surface area contributed by atoms with Crippen LogP contribution in [0, 0.1) is 0 Å². The molecule has 0 aliphatic heterocycles. The topological polar surface area (TPSA) is 76.7 Å². The van der Waals surface area contributed by atoms with Gasteiger partial charge in [-0.1, -0.05) is 45.9 Å². The van der Waals surface area contributed by atoms with Crippen LogP contribution in [0.25, 0.3) is 0 Å². The highest BCUT2D eigenvalue weighted by atomic mass is 79.9. The van der Waals surface area contributed by atoms with E-state index >= 15 is 0 Å². The average molecular weight is 463 g/mol. The Morgan fingerprint density at radius 3 is 2.03 bits per heavy atom. The van der Waals surface area contributed by atoms with Crippen LogP contribution >= 0.6 is 15.9 Å². The Morgan fingerprint density at radius 2 is 1.52 bits per heavy atom. The summed E-state index contributed by atoms with van der Waals surface area (Å²) in [6.45, 7) is 8.01. The molecule has 6 nitrogen and oxygen atoms in total. The minimum Gasteiger partial charge on any atom is -0.484 e. The lowest BCUT2D eigenvalue weighted by atomic mass is 9.87. The van der Waals surface area contributed by atoms with E-state index in [2.05, 4.69) is 54.5 Å². The van der Waals surface area contributed by atoms with Gasteiger partial charge in [0.25, 0.3) is 11.8 Å². The molecule has 2 aromatic rings. The quantitative estimate of drug-likeness (QED) is 0.611. The number of ether oxygens (including phenoxy) is 2. The lowest BCUT2D eigenvalue weighted by molar-refractivity contribution is -0.131. The number of benzene rings is 2. The highest BCUT2D eigenvalue weighted by Crippen LogP contribution is 2.26. The molecule has 0 aliphatic rings. The molecule has 0 atom stereocenters. The van der Waals surface area contributed by atoms with E-state index in [1.807, 2.05) is 36.4 Å². The Morgan fingerprint density at radius 1 is 0.931 bits per heavy atom. The molecule has 0 heterocycles. The normalized spacial score (nSPS) is 10.9. The molecule has 0 aromatic heterocycles. The second kappa shape index (κ2) is 10.3. The fourth-order valence-corrected chi connectivity index (χ4v) is 2.98. The van der Waals surface area contributed by atoms with Crippen LogP contribution in [0.1, 0.15) is 38.8 Å². The zero-order chi connectivity index (χ0) is 21.4. The van der Waals surface area contributed by atoms with Crippen LogP contribution in [0.5, 0.6) is 11.5 Å². The van der Waals surface area contributed by atoms with E-state index < -0.39 is 11.8 Å². The third-order valence-corrected chi connectivity index (χ3v) is 4.81. The minimum absolute atomic E-state index is 0.0515. The van der Waals surface area contributed by atoms with Gasteiger partial charge in [-0.25, -0.2) is 0 Å². The first-order valence-corrected chi connectivity index (χ1v) is 10.2. The molecule has 0 unspecified atom stereocenters. The second-order valence-corrected chi connectivity index (χ2v) is 8.42. The Balaban J connectivity index is 1.71. The van der Waals surface area contributed by atoms with Crippen molar-refractivity contribution in [2.45, 2.75) is 39.5 Å². The average Bonchev–Trinajstić information content (AvgIpc) is 2.69. The summed E-state index contributed by atoms with van der Waals surface area (Å²) in [5, 5.41) is 0. The first-order valence-electron chi connectivity index (χ1n) is 9.41. The van der Waals surface area contributed by atoms with Gasteiger partial charge in [-0.3, -0.25) is 20.4 Å². The van der Waals surface area contributed by atoms with Gasteiger partial charge >= 0.3 is 0 Å². The molecule has 2 rings (SSSR count). The van der Waals surface area contributed by atoms with E-state index in [0.717, 1.165) is 16.5 Å². The van der Waals surface area contributed by atoms with Crippen molar-refractivity contribution in [2.75, 3.05) is 13.2 Å². The molecule has 2 aromatic carbocycles. The van der Waals surface area contributed by atoms with Crippen molar-refractivity contribution in [3.05, 3.63) is 58.1 Å². The fraction of sp³-hybridized carbons (Fsp3) is 0.364. The molecular formula is C22H27BrN2O4. The van der Waals surface area contributed by atoms with Crippen LogP contribution in [0.15, 0.2) is 46.9 Å². The van der Waals surface area contributed by atoms with Crippen molar-refractivity contribution < 1.29 is 19.1 Å². The number of hydrogen-bond donors (Lipinski definition) is 2. The van der Waals surface area contributed by atoms with Crippen molar-refractivity contribution >= 4 is 27.7 Å². The zero-order valence-electron chi connectivity index (χ0n) is 17.2. The summed E-state index contributed by atoms with van der Waals surface area (Å²) in [6, 6.07) is 13.3. The molecule has 0 aliphatic carbocycles. The largest absolute Gasteiger partial charge is 0.484 e. The number of aryl methyl sites for hydroxylation is 1. The Kier molecular flexibility index (Phi) is 8.08. The monoisotopic (exact) mass is 462 g/mol. The van der Waals surface area contributed by atoms with Gasteiger partial charge in [0.2, 0.25) is 0 Å². The second-order valence-electron chi connectivity index (χ2n) is 7.57. The molecule has 0 saturated heterocycles. The van der Waals surface area contributed by atoms with Gasteiger partial charge in [0.1, 0.15) is 11.5 Å². The number of hydrogen-bond acceptors (Lipinski definition) is 4. The highest BCUT2D eigenvalue weighted by Gasteiger charge is 2.13. The van der Waals surface area contributed by atoms with Crippen LogP contribution in [-0.4, -0.2) is 25.0 Å². The van der Waals surface area contributed by atoms with Gasteiger partial charge in [0.05, 0.1) is 4.47 Å². The van der Waals surface area contributed by atoms with Crippen LogP contribution in [0.2, 0.25) is 0 Å². The van der Waals surface area contributed by atoms with E-state index in [4.69, 9.17) is 9.47 Å². The number of rotatable bonds is 7. The summed E-state index contributed by atoms with van der Waals surface area (Å²) in [5.41, 5.74) is 6.99. The molecule has 0 fully saturated rings. The van der Waals surface area contributed by atoms with Crippen molar-refractivity contribution in [1.82, 2.24) is 10.9 Å². The summed E-state index contributed by atoms with van der Waals surface area (Å²) >= 11 is 3.42. The van der Waals surface area contributed by atoms with Crippen molar-refractivity contribution in [3.8, 4) is 11.5 Å². The molecule has 0 bridgehead atoms. The van der Waals surface area contributed by atoms with E-state index in [9.17, 15) is 9.59 Å². The summed E-state index contributed by atoms with van der Waals surface area (Å²) in [4.78, 5) is 23.7. The predicted molar refractivity (Wildman–Crippen MR) is 116 cm³/mol. The third-order valence-electron chi connectivity index (χ3n) is 4.19. The lowest BCUT2D eigenvalue weighted by Gasteiger charge is -2.19. The molecule has 0 spiro atoms. The molecule has 2 amide bonds. The molecule has 0 saturated carbocycles. The van der Waals surface area contributed by atoms with Gasteiger partial charge < -0.3 is 9.47 Å². The Bertz CT molecular complexity index is 845. The minimum atomic E-state index is -0.473. The molecule has 29 heavy (non-hydrogen) atoms. The maximum Gasteiger partial charge on any atom is 0.276 e. The van der Waals surface area contributed by atoms with Crippen molar-refractivity contribution in [2.24, 2.45) is 0 Å². The van der Waals surface area contributed by atoms with Gasteiger partial charge in [-0.15, -0.1) is 0 Å². The summed E-state index contributed by atoms with van der Waals surface area (Å²) < 4.78 is 11.7. The lowest BCUT2D eigenvalue weighted by Crippen LogP contribution is -2.45.